The predicted octanol–water partition coefficient (Wildman–Crippen LogP) is 2.18. The van der Waals surface area contributed by atoms with Crippen molar-refractivity contribution in [2.24, 2.45) is 5.92 Å². The molecule has 0 N–H and O–H groups in total. The van der Waals surface area contributed by atoms with Crippen LogP contribution in [0, 0.1) is 19.8 Å². The highest BCUT2D eigenvalue weighted by atomic mass is 16.5. The summed E-state index contributed by atoms with van der Waals surface area (Å²) in [4.78, 5) is 33.1. The summed E-state index contributed by atoms with van der Waals surface area (Å²) in [5.41, 5.74) is 1.11. The van der Waals surface area contributed by atoms with Crippen molar-refractivity contribution in [3.8, 4) is 0 Å². The summed E-state index contributed by atoms with van der Waals surface area (Å²) in [5, 5.41) is 7.88. The van der Waals surface area contributed by atoms with E-state index in [1.54, 1.807) is 30.6 Å². The third-order valence-corrected chi connectivity index (χ3v) is 5.21. The summed E-state index contributed by atoms with van der Waals surface area (Å²) in [7, 11) is 0. The molecule has 3 rings (SSSR count). The van der Waals surface area contributed by atoms with Gasteiger partial charge >= 0.3 is 0 Å². The molecule has 3 heterocycles. The van der Waals surface area contributed by atoms with Crippen molar-refractivity contribution in [2.75, 3.05) is 19.6 Å². The smallest absolute Gasteiger partial charge is 0.259 e. The number of carbonyl (C=O) groups excluding carboxylic acids is 2. The zero-order valence-corrected chi connectivity index (χ0v) is 17.8. The van der Waals surface area contributed by atoms with Crippen LogP contribution in [0.2, 0.25) is 0 Å². The van der Waals surface area contributed by atoms with Crippen LogP contribution < -0.4 is 0 Å². The first kappa shape index (κ1) is 21.0. The molecule has 1 aliphatic rings. The van der Waals surface area contributed by atoms with Gasteiger partial charge in [0.15, 0.2) is 5.82 Å². The van der Waals surface area contributed by atoms with E-state index in [1.807, 2.05) is 0 Å². The molecule has 0 aromatic carbocycles. The minimum atomic E-state index is -0.0938. The van der Waals surface area contributed by atoms with Crippen molar-refractivity contribution < 1.29 is 18.6 Å². The van der Waals surface area contributed by atoms with Crippen molar-refractivity contribution in [3.63, 3.8) is 0 Å². The van der Waals surface area contributed by atoms with Gasteiger partial charge in [-0.25, -0.2) is 0 Å². The van der Waals surface area contributed by atoms with Crippen LogP contribution in [0.3, 0.4) is 0 Å². The Morgan fingerprint density at radius 1 is 1.24 bits per heavy atom. The van der Waals surface area contributed by atoms with Crippen LogP contribution in [-0.4, -0.2) is 62.6 Å². The highest BCUT2D eigenvalue weighted by molar-refractivity contribution is 5.96. The van der Waals surface area contributed by atoms with Crippen molar-refractivity contribution in [3.05, 3.63) is 28.7 Å². The quantitative estimate of drug-likeness (QED) is 0.697. The summed E-state index contributed by atoms with van der Waals surface area (Å²) in [6.07, 6.45) is 2.00. The fourth-order valence-electron chi connectivity index (χ4n) is 3.77. The van der Waals surface area contributed by atoms with E-state index in [4.69, 9.17) is 9.05 Å². The van der Waals surface area contributed by atoms with Crippen molar-refractivity contribution in [1.29, 1.82) is 0 Å². The molecule has 0 aliphatic carbocycles. The van der Waals surface area contributed by atoms with Crippen LogP contribution in [0.15, 0.2) is 9.05 Å². The van der Waals surface area contributed by atoms with E-state index in [0.29, 0.717) is 60.7 Å². The van der Waals surface area contributed by atoms with E-state index in [1.165, 1.54) is 0 Å². The number of aromatic nitrogens is 3. The first-order chi connectivity index (χ1) is 13.8. The maximum Gasteiger partial charge on any atom is 0.259 e. The van der Waals surface area contributed by atoms with E-state index in [0.717, 1.165) is 12.8 Å². The Balaban J connectivity index is 1.61. The molecule has 2 aromatic heterocycles. The van der Waals surface area contributed by atoms with Gasteiger partial charge in [0, 0.05) is 39.4 Å². The van der Waals surface area contributed by atoms with E-state index in [2.05, 4.69) is 29.1 Å². The van der Waals surface area contributed by atoms with Gasteiger partial charge < -0.3 is 18.8 Å². The molecule has 1 saturated heterocycles. The Labute approximate surface area is 170 Å². The lowest BCUT2D eigenvalue weighted by atomic mass is 10.1. The molecule has 1 fully saturated rings. The zero-order valence-electron chi connectivity index (χ0n) is 17.8. The first-order valence-electron chi connectivity index (χ1n) is 10.1. The minimum Gasteiger partial charge on any atom is -0.361 e. The molecule has 9 nitrogen and oxygen atoms in total. The predicted molar refractivity (Wildman–Crippen MR) is 104 cm³/mol. The van der Waals surface area contributed by atoms with Crippen molar-refractivity contribution in [2.45, 2.75) is 59.9 Å². The molecular formula is C20H29N5O4. The maximum atomic E-state index is 12.8. The molecule has 1 aliphatic heterocycles. The highest BCUT2D eigenvalue weighted by Crippen LogP contribution is 2.22. The van der Waals surface area contributed by atoms with E-state index in [-0.39, 0.29) is 17.9 Å². The van der Waals surface area contributed by atoms with Crippen LogP contribution in [0.5, 0.6) is 0 Å². The standard InChI is InChI=1S/C20H29N5O4/c1-12(2)10-18-21-17(23-29-18)7-9-25(15(5)26)16-6-8-24(11-16)20(27)19-13(3)22-28-14(19)4/h12,16H,6-11H2,1-5H3. The molecule has 0 spiro atoms. The van der Waals surface area contributed by atoms with Gasteiger partial charge in [-0.15, -0.1) is 0 Å². The van der Waals surface area contributed by atoms with Gasteiger partial charge in [0.2, 0.25) is 11.8 Å². The molecule has 2 amide bonds. The van der Waals surface area contributed by atoms with E-state index < -0.39 is 0 Å². The lowest BCUT2D eigenvalue weighted by Crippen LogP contribution is -2.42. The Kier molecular flexibility index (Phi) is 6.34. The second kappa shape index (κ2) is 8.75. The summed E-state index contributed by atoms with van der Waals surface area (Å²) in [6, 6.07) is -0.0287. The summed E-state index contributed by atoms with van der Waals surface area (Å²) in [6.45, 7) is 10.8. The lowest BCUT2D eigenvalue weighted by molar-refractivity contribution is -0.130. The third kappa shape index (κ3) is 4.83. The number of nitrogens with zero attached hydrogens (tertiary/aromatic N) is 5. The largest absolute Gasteiger partial charge is 0.361 e. The number of hydrogen-bond donors (Lipinski definition) is 0. The van der Waals surface area contributed by atoms with Gasteiger partial charge in [-0.1, -0.05) is 24.2 Å². The SMILES string of the molecule is CC(=O)N(CCc1noc(CC(C)C)n1)C1CCN(C(=O)c2c(C)noc2C)C1. The molecule has 9 heteroatoms. The van der Waals surface area contributed by atoms with Crippen LogP contribution in [0.25, 0.3) is 0 Å². The van der Waals surface area contributed by atoms with Gasteiger partial charge in [-0.2, -0.15) is 4.98 Å². The molecule has 0 bridgehead atoms. The van der Waals surface area contributed by atoms with Gasteiger partial charge in [0.05, 0.1) is 11.7 Å². The van der Waals surface area contributed by atoms with E-state index >= 15 is 0 Å². The molecular weight excluding hydrogens is 374 g/mol. The van der Waals surface area contributed by atoms with E-state index in [9.17, 15) is 9.59 Å². The number of aryl methyl sites for hydroxylation is 2. The molecule has 1 unspecified atom stereocenters. The normalized spacial score (nSPS) is 16.6. The number of likely N-dealkylation sites (tertiary alicyclic amines) is 1. The van der Waals surface area contributed by atoms with Gasteiger partial charge in [-0.3, -0.25) is 9.59 Å². The first-order valence-corrected chi connectivity index (χ1v) is 10.1. The zero-order chi connectivity index (χ0) is 21.1. The number of carbonyl (C=O) groups is 2. The molecule has 1 atom stereocenters. The van der Waals surface area contributed by atoms with Crippen LogP contribution in [0.4, 0.5) is 0 Å². The Morgan fingerprint density at radius 2 is 2.00 bits per heavy atom. The monoisotopic (exact) mass is 403 g/mol. The topological polar surface area (TPSA) is 106 Å². The molecule has 2 aromatic rings. The molecule has 0 radical (unpaired) electrons. The number of rotatable bonds is 7. The Morgan fingerprint density at radius 3 is 2.62 bits per heavy atom. The second-order valence-electron chi connectivity index (χ2n) is 8.06. The van der Waals surface area contributed by atoms with Crippen LogP contribution in [-0.2, 0) is 17.6 Å². The average Bonchev–Trinajstić information content (AvgIpc) is 3.36. The highest BCUT2D eigenvalue weighted by Gasteiger charge is 2.34. The summed E-state index contributed by atoms with van der Waals surface area (Å²) < 4.78 is 10.4. The maximum absolute atomic E-state index is 12.8. The van der Waals surface area contributed by atoms with Gasteiger partial charge in [0.1, 0.15) is 11.3 Å². The average molecular weight is 403 g/mol. The second-order valence-corrected chi connectivity index (χ2v) is 8.06. The molecule has 0 saturated carbocycles. The fourth-order valence-corrected chi connectivity index (χ4v) is 3.77. The Hall–Kier alpha value is -2.71. The molecule has 158 valence electrons. The third-order valence-electron chi connectivity index (χ3n) is 5.21. The van der Waals surface area contributed by atoms with Crippen LogP contribution >= 0.6 is 0 Å². The number of hydrogen-bond acceptors (Lipinski definition) is 7. The summed E-state index contributed by atoms with van der Waals surface area (Å²) in [5.74, 6) is 2.08. The summed E-state index contributed by atoms with van der Waals surface area (Å²) >= 11 is 0. The van der Waals surface area contributed by atoms with Gasteiger partial charge in [-0.05, 0) is 26.2 Å². The van der Waals surface area contributed by atoms with Crippen LogP contribution in [0.1, 0.15) is 60.7 Å². The Bertz CT molecular complexity index is 853. The minimum absolute atomic E-state index is 0.0208. The van der Waals surface area contributed by atoms with Crippen molar-refractivity contribution >= 4 is 11.8 Å². The molecule has 29 heavy (non-hydrogen) atoms. The fraction of sp³-hybridized carbons (Fsp3) is 0.650. The van der Waals surface area contributed by atoms with Gasteiger partial charge in [0.25, 0.3) is 5.91 Å². The van der Waals surface area contributed by atoms with Crippen molar-refractivity contribution in [1.82, 2.24) is 25.1 Å². The lowest BCUT2D eigenvalue weighted by Gasteiger charge is -2.27. The number of amides is 2.